The molecule has 10 heteroatoms. The number of carbonyl (C=O) groups is 1. The Morgan fingerprint density at radius 2 is 1.91 bits per heavy atom. The summed E-state index contributed by atoms with van der Waals surface area (Å²) in [5.74, 6) is 0.897. The number of rotatable bonds is 12. The number of nitrogens with one attached hydrogen (secondary N) is 2. The van der Waals surface area contributed by atoms with Crippen LogP contribution in [0, 0.1) is 5.92 Å². The van der Waals surface area contributed by atoms with Crippen LogP contribution in [-0.4, -0.2) is 37.2 Å². The smallest absolute Gasteiger partial charge is 0.260 e. The third-order valence-electron chi connectivity index (χ3n) is 5.66. The molecule has 0 saturated heterocycles. The predicted octanol–water partition coefficient (Wildman–Crippen LogP) is 4.99. The minimum absolute atomic E-state index is 0.199. The van der Waals surface area contributed by atoms with Gasteiger partial charge in [-0.25, -0.2) is 13.9 Å². The fourth-order valence-electron chi connectivity index (χ4n) is 3.76. The second-order valence-corrected chi connectivity index (χ2v) is 12.6. The molecule has 0 radical (unpaired) electrons. The Hall–Kier alpha value is -1.72. The van der Waals surface area contributed by atoms with Crippen molar-refractivity contribution >= 4 is 45.1 Å². The molecule has 1 heterocycles. The van der Waals surface area contributed by atoms with Crippen LogP contribution in [0.1, 0.15) is 51.0 Å². The number of anilines is 1. The number of sulfone groups is 1. The first-order valence-electron chi connectivity index (χ1n) is 11.5. The summed E-state index contributed by atoms with van der Waals surface area (Å²) in [6, 6.07) is 13.1. The number of nitrogens with zero attached hydrogens (tertiary/aromatic N) is 1. The molecule has 0 aliphatic carbocycles. The van der Waals surface area contributed by atoms with Crippen molar-refractivity contribution in [3.05, 3.63) is 54.1 Å². The average Bonchev–Trinajstić information content (AvgIpc) is 3.24. The molecule has 1 unspecified atom stereocenters. The van der Waals surface area contributed by atoms with Crippen molar-refractivity contribution in [3.8, 4) is 0 Å². The molecule has 0 saturated carbocycles. The molecule has 7 nitrogen and oxygen atoms in total. The van der Waals surface area contributed by atoms with Gasteiger partial charge < -0.3 is 4.31 Å². The van der Waals surface area contributed by atoms with Crippen molar-refractivity contribution in [1.82, 2.24) is 10.8 Å². The number of thioether (sulfide) groups is 1. The highest BCUT2D eigenvalue weighted by molar-refractivity contribution is 8.04. The van der Waals surface area contributed by atoms with Gasteiger partial charge >= 0.3 is 0 Å². The second-order valence-electron chi connectivity index (χ2n) is 8.52. The van der Waals surface area contributed by atoms with Crippen molar-refractivity contribution < 1.29 is 18.4 Å². The molecule has 2 aromatic rings. The summed E-state index contributed by atoms with van der Waals surface area (Å²) >= 11 is 3.41. The van der Waals surface area contributed by atoms with Gasteiger partial charge in [-0.15, -0.1) is 11.8 Å². The molecule has 34 heavy (non-hydrogen) atoms. The molecule has 1 amide bonds. The molecule has 186 valence electrons. The van der Waals surface area contributed by atoms with Crippen LogP contribution < -0.4 is 15.1 Å². The first-order valence-corrected chi connectivity index (χ1v) is 14.9. The first kappa shape index (κ1) is 26.9. The van der Waals surface area contributed by atoms with Crippen LogP contribution in [-0.2, 0) is 14.6 Å². The lowest BCUT2D eigenvalue weighted by molar-refractivity contribution is -0.132. The molecule has 2 atom stereocenters. The zero-order valence-corrected chi connectivity index (χ0v) is 22.2. The van der Waals surface area contributed by atoms with Crippen LogP contribution in [0.2, 0.25) is 0 Å². The van der Waals surface area contributed by atoms with Crippen LogP contribution in [0.3, 0.4) is 0 Å². The fourth-order valence-corrected chi connectivity index (χ4v) is 7.78. The Morgan fingerprint density at radius 1 is 1.18 bits per heavy atom. The Morgan fingerprint density at radius 3 is 2.56 bits per heavy atom. The van der Waals surface area contributed by atoms with Crippen molar-refractivity contribution in [2.45, 2.75) is 61.2 Å². The zero-order valence-electron chi connectivity index (χ0n) is 19.7. The third-order valence-corrected chi connectivity index (χ3v) is 9.90. The van der Waals surface area contributed by atoms with Gasteiger partial charge in [0.15, 0.2) is 9.84 Å². The minimum Gasteiger partial charge on any atom is -0.305 e. The normalized spacial score (nSPS) is 15.3. The highest BCUT2D eigenvalue weighted by Gasteiger charge is 2.35. The number of benzene rings is 2. The molecule has 1 aliphatic heterocycles. The van der Waals surface area contributed by atoms with Gasteiger partial charge in [-0.05, 0) is 48.0 Å². The van der Waals surface area contributed by atoms with Crippen LogP contribution in [0.4, 0.5) is 5.69 Å². The Kier molecular flexibility index (Phi) is 9.73. The summed E-state index contributed by atoms with van der Waals surface area (Å²) in [4.78, 5) is 13.4. The van der Waals surface area contributed by atoms with Gasteiger partial charge in [0.1, 0.15) is 5.37 Å². The standard InChI is InChI=1S/C24H33N3O4S3/c1-4-5-9-14-33-27-16-32-21-15-19(12-13-20(21)27)34(30,31)24(18-10-7-6-8-11-18)25-22(17(2)3)23(28)26-29/h6-8,10-13,15,17,22,24-25,29H,4-5,9,14,16H2,1-3H3,(H,26,28)/t22-,24?/m1/s1. The fraction of sp³-hybridized carbons (Fsp3) is 0.458. The maximum absolute atomic E-state index is 13.8. The van der Waals surface area contributed by atoms with E-state index < -0.39 is 27.2 Å². The number of fused-ring (bicyclic) bond motifs is 1. The molecule has 0 spiro atoms. The number of hydrogen-bond donors (Lipinski definition) is 3. The number of hydrogen-bond acceptors (Lipinski definition) is 8. The molecule has 2 aromatic carbocycles. The Bertz CT molecular complexity index is 1060. The molecule has 0 fully saturated rings. The molecule has 0 bridgehead atoms. The lowest BCUT2D eigenvalue weighted by Crippen LogP contribution is -2.49. The summed E-state index contributed by atoms with van der Waals surface area (Å²) in [7, 11) is -3.90. The van der Waals surface area contributed by atoms with Crippen LogP contribution in [0.15, 0.2) is 58.3 Å². The quantitative estimate of drug-likeness (QED) is 0.155. The number of unbranched alkanes of at least 4 members (excludes halogenated alkanes) is 2. The van der Waals surface area contributed by atoms with Crippen molar-refractivity contribution in [2.75, 3.05) is 15.9 Å². The highest BCUT2D eigenvalue weighted by Crippen LogP contribution is 2.44. The van der Waals surface area contributed by atoms with Crippen LogP contribution >= 0.6 is 23.7 Å². The number of amides is 1. The minimum atomic E-state index is -3.90. The van der Waals surface area contributed by atoms with Gasteiger partial charge in [-0.3, -0.25) is 15.3 Å². The largest absolute Gasteiger partial charge is 0.305 e. The SMILES string of the molecule is CCCCCSN1CSc2cc(S(=O)(=O)C(N[C@@H](C(=O)NO)C(C)C)c3ccccc3)ccc21. The van der Waals surface area contributed by atoms with E-state index in [1.165, 1.54) is 12.8 Å². The van der Waals surface area contributed by atoms with Crippen molar-refractivity contribution in [2.24, 2.45) is 5.92 Å². The molecule has 3 N–H and O–H groups in total. The van der Waals surface area contributed by atoms with Gasteiger partial charge in [-0.2, -0.15) is 0 Å². The molecule has 1 aliphatic rings. The van der Waals surface area contributed by atoms with Gasteiger partial charge in [0, 0.05) is 10.6 Å². The van der Waals surface area contributed by atoms with E-state index >= 15 is 0 Å². The van der Waals surface area contributed by atoms with E-state index in [1.807, 2.05) is 12.1 Å². The van der Waals surface area contributed by atoms with E-state index in [2.05, 4.69) is 16.5 Å². The molecule has 3 rings (SSSR count). The molecular weight excluding hydrogens is 490 g/mol. The zero-order chi connectivity index (χ0) is 24.7. The maximum atomic E-state index is 13.8. The summed E-state index contributed by atoms with van der Waals surface area (Å²) in [5, 5.41) is 11.0. The average molecular weight is 524 g/mol. The van der Waals surface area contributed by atoms with Crippen molar-refractivity contribution in [3.63, 3.8) is 0 Å². The van der Waals surface area contributed by atoms with Gasteiger partial charge in [-0.1, -0.05) is 63.9 Å². The second kappa shape index (κ2) is 12.3. The third kappa shape index (κ3) is 6.28. The number of carbonyl (C=O) groups excluding carboxylic acids is 1. The van der Waals surface area contributed by atoms with E-state index in [-0.39, 0.29) is 10.8 Å². The molecule has 0 aromatic heterocycles. The summed E-state index contributed by atoms with van der Waals surface area (Å²) in [6.07, 6.45) is 3.55. The van der Waals surface area contributed by atoms with Gasteiger partial charge in [0.25, 0.3) is 5.91 Å². The van der Waals surface area contributed by atoms with Crippen LogP contribution in [0.5, 0.6) is 0 Å². The summed E-state index contributed by atoms with van der Waals surface area (Å²) in [5.41, 5.74) is 3.21. The van der Waals surface area contributed by atoms with E-state index in [4.69, 9.17) is 0 Å². The van der Waals surface area contributed by atoms with E-state index in [1.54, 1.807) is 79.4 Å². The monoisotopic (exact) mass is 523 g/mol. The van der Waals surface area contributed by atoms with Gasteiger partial charge in [0.2, 0.25) is 0 Å². The Balaban J connectivity index is 1.91. The number of hydroxylamine groups is 1. The maximum Gasteiger partial charge on any atom is 0.260 e. The highest BCUT2D eigenvalue weighted by atomic mass is 32.2. The van der Waals surface area contributed by atoms with Crippen LogP contribution in [0.25, 0.3) is 0 Å². The first-order chi connectivity index (χ1) is 16.3. The van der Waals surface area contributed by atoms with E-state index in [9.17, 15) is 18.4 Å². The topological polar surface area (TPSA) is 98.7 Å². The lowest BCUT2D eigenvalue weighted by atomic mass is 10.0. The Labute approximate surface area is 211 Å². The molecular formula is C24H33N3O4S3. The van der Waals surface area contributed by atoms with Crippen molar-refractivity contribution in [1.29, 1.82) is 0 Å². The predicted molar refractivity (Wildman–Crippen MR) is 140 cm³/mol. The van der Waals surface area contributed by atoms with Gasteiger partial charge in [0.05, 0.1) is 22.5 Å². The summed E-state index contributed by atoms with van der Waals surface area (Å²) < 4.78 is 29.9. The van der Waals surface area contributed by atoms with E-state index in [0.29, 0.717) is 5.56 Å². The lowest BCUT2D eigenvalue weighted by Gasteiger charge is -2.27. The van der Waals surface area contributed by atoms with E-state index in [0.717, 1.165) is 28.6 Å². The summed E-state index contributed by atoms with van der Waals surface area (Å²) in [6.45, 7) is 5.77.